The standard InChI is InChI=1S/C26H24N6O/c27-15-22-21-10-9-20(33-26-28-12-3-13-29-26)14-23(21)32(19-6-2-7-19)25(22)17-8-11-24(30-16-17)31-18-4-1-5-18/h3,8-14,16,18-19H,1-2,4-7H2,(H,30,31). The number of nitrogens with zero attached hydrogens (tertiary/aromatic N) is 5. The van der Waals surface area contributed by atoms with E-state index < -0.39 is 0 Å². The van der Waals surface area contributed by atoms with E-state index >= 15 is 0 Å². The summed E-state index contributed by atoms with van der Waals surface area (Å²) in [5.41, 5.74) is 3.58. The lowest BCUT2D eigenvalue weighted by atomic mass is 9.92. The molecule has 2 aliphatic carbocycles. The van der Waals surface area contributed by atoms with E-state index in [9.17, 15) is 5.26 Å². The topological polar surface area (TPSA) is 88.7 Å². The van der Waals surface area contributed by atoms with Gasteiger partial charge < -0.3 is 14.6 Å². The maximum atomic E-state index is 10.1. The van der Waals surface area contributed by atoms with Crippen LogP contribution in [0.4, 0.5) is 5.82 Å². The highest BCUT2D eigenvalue weighted by Gasteiger charge is 2.28. The van der Waals surface area contributed by atoms with Crippen molar-refractivity contribution in [2.24, 2.45) is 0 Å². The molecule has 0 spiro atoms. The molecule has 2 saturated carbocycles. The van der Waals surface area contributed by atoms with Crippen molar-refractivity contribution in [1.82, 2.24) is 19.5 Å². The molecule has 1 aromatic carbocycles. The summed E-state index contributed by atoms with van der Waals surface area (Å²) in [4.78, 5) is 13.0. The highest BCUT2D eigenvalue weighted by Crippen LogP contribution is 2.43. The minimum atomic E-state index is 0.304. The van der Waals surface area contributed by atoms with Crippen molar-refractivity contribution < 1.29 is 4.74 Å². The zero-order valence-electron chi connectivity index (χ0n) is 18.2. The summed E-state index contributed by atoms with van der Waals surface area (Å²) in [6, 6.07) is 15.4. The minimum absolute atomic E-state index is 0.304. The number of rotatable bonds is 6. The zero-order valence-corrected chi connectivity index (χ0v) is 18.2. The SMILES string of the molecule is N#Cc1c(-c2ccc(NC3CCC3)nc2)n(C2CCC2)c2cc(Oc3ncccn3)ccc12. The van der Waals surface area contributed by atoms with Crippen LogP contribution in [0.5, 0.6) is 11.8 Å². The number of aromatic nitrogens is 4. The Balaban J connectivity index is 1.44. The number of fused-ring (bicyclic) bond motifs is 1. The fraction of sp³-hybridized carbons (Fsp3) is 0.308. The Bertz CT molecular complexity index is 1330. The van der Waals surface area contributed by atoms with Crippen molar-refractivity contribution in [3.05, 3.63) is 60.6 Å². The third-order valence-electron chi connectivity index (χ3n) is 6.77. The van der Waals surface area contributed by atoms with Crippen LogP contribution in [0, 0.1) is 11.3 Å². The third kappa shape index (κ3) is 3.58. The first-order chi connectivity index (χ1) is 16.3. The van der Waals surface area contributed by atoms with Gasteiger partial charge in [0.1, 0.15) is 17.6 Å². The highest BCUT2D eigenvalue weighted by molar-refractivity contribution is 5.95. The number of hydrogen-bond acceptors (Lipinski definition) is 6. The van der Waals surface area contributed by atoms with Gasteiger partial charge in [-0.2, -0.15) is 5.26 Å². The van der Waals surface area contributed by atoms with Crippen molar-refractivity contribution in [1.29, 1.82) is 5.26 Å². The van der Waals surface area contributed by atoms with Gasteiger partial charge in [0, 0.05) is 47.7 Å². The zero-order chi connectivity index (χ0) is 22.2. The molecule has 33 heavy (non-hydrogen) atoms. The maximum absolute atomic E-state index is 10.1. The van der Waals surface area contributed by atoms with Gasteiger partial charge in [-0.15, -0.1) is 0 Å². The lowest BCUT2D eigenvalue weighted by molar-refractivity contribution is 0.324. The van der Waals surface area contributed by atoms with E-state index in [0.29, 0.717) is 29.4 Å². The third-order valence-corrected chi connectivity index (χ3v) is 6.77. The average molecular weight is 437 g/mol. The molecule has 3 heterocycles. The molecule has 3 aromatic heterocycles. The summed E-state index contributed by atoms with van der Waals surface area (Å²) in [6.07, 6.45) is 12.3. The van der Waals surface area contributed by atoms with E-state index in [2.05, 4.69) is 37.0 Å². The Morgan fingerprint density at radius 1 is 1.00 bits per heavy atom. The van der Waals surface area contributed by atoms with Crippen molar-refractivity contribution in [3.8, 4) is 29.1 Å². The quantitative estimate of drug-likeness (QED) is 0.408. The molecule has 0 bridgehead atoms. The van der Waals surface area contributed by atoms with Gasteiger partial charge in [-0.1, -0.05) is 0 Å². The van der Waals surface area contributed by atoms with Gasteiger partial charge in [-0.3, -0.25) is 0 Å². The smallest absolute Gasteiger partial charge is 0.321 e. The van der Waals surface area contributed by atoms with E-state index in [0.717, 1.165) is 40.8 Å². The second-order valence-electron chi connectivity index (χ2n) is 8.81. The van der Waals surface area contributed by atoms with Gasteiger partial charge in [0.2, 0.25) is 0 Å². The summed E-state index contributed by atoms with van der Waals surface area (Å²) in [7, 11) is 0. The van der Waals surface area contributed by atoms with Gasteiger partial charge in [0.15, 0.2) is 0 Å². The second kappa shape index (κ2) is 8.21. The second-order valence-corrected chi connectivity index (χ2v) is 8.81. The molecule has 0 saturated heterocycles. The van der Waals surface area contributed by atoms with Crippen molar-refractivity contribution in [2.75, 3.05) is 5.32 Å². The summed E-state index contributed by atoms with van der Waals surface area (Å²) < 4.78 is 8.20. The Labute approximate surface area is 192 Å². The van der Waals surface area contributed by atoms with Crippen LogP contribution in [0.15, 0.2) is 55.0 Å². The van der Waals surface area contributed by atoms with Crippen LogP contribution in [0.3, 0.4) is 0 Å². The molecule has 0 amide bonds. The van der Waals surface area contributed by atoms with Gasteiger partial charge >= 0.3 is 6.01 Å². The molecule has 0 radical (unpaired) electrons. The van der Waals surface area contributed by atoms with Crippen LogP contribution in [0.1, 0.15) is 50.1 Å². The molecule has 6 rings (SSSR count). The number of hydrogen-bond donors (Lipinski definition) is 1. The van der Waals surface area contributed by atoms with E-state index in [-0.39, 0.29) is 0 Å². The lowest BCUT2D eigenvalue weighted by Gasteiger charge is -2.30. The van der Waals surface area contributed by atoms with Gasteiger partial charge in [0.05, 0.1) is 16.8 Å². The van der Waals surface area contributed by atoms with Crippen molar-refractivity contribution >= 4 is 16.7 Å². The molecule has 0 aliphatic heterocycles. The summed E-state index contributed by atoms with van der Waals surface area (Å²) in [5.74, 6) is 1.55. The first-order valence-electron chi connectivity index (χ1n) is 11.6. The van der Waals surface area contributed by atoms with Gasteiger partial charge in [-0.05, 0) is 68.9 Å². The number of pyridine rings is 1. The average Bonchev–Trinajstić information content (AvgIpc) is 3.09. The molecule has 7 heteroatoms. The molecule has 4 aromatic rings. The number of ether oxygens (including phenoxy) is 1. The molecule has 0 atom stereocenters. The minimum Gasteiger partial charge on any atom is -0.424 e. The number of nitrogens with one attached hydrogen (secondary N) is 1. The van der Waals surface area contributed by atoms with Crippen LogP contribution >= 0.6 is 0 Å². The lowest BCUT2D eigenvalue weighted by Crippen LogP contribution is -2.27. The Morgan fingerprint density at radius 3 is 2.45 bits per heavy atom. The summed E-state index contributed by atoms with van der Waals surface area (Å²) in [6.45, 7) is 0. The Kier molecular flexibility index (Phi) is 4.91. The van der Waals surface area contributed by atoms with Crippen LogP contribution < -0.4 is 10.1 Å². The normalized spacial score (nSPS) is 16.1. The molecule has 2 aliphatic rings. The fourth-order valence-corrected chi connectivity index (χ4v) is 4.60. The fourth-order valence-electron chi connectivity index (χ4n) is 4.60. The first kappa shape index (κ1) is 19.7. The Hall–Kier alpha value is -3.92. The number of anilines is 1. The molecular formula is C26H24N6O. The van der Waals surface area contributed by atoms with Crippen LogP contribution in [-0.4, -0.2) is 25.6 Å². The monoisotopic (exact) mass is 436 g/mol. The van der Waals surface area contributed by atoms with E-state index in [1.54, 1.807) is 18.5 Å². The molecular weight excluding hydrogens is 412 g/mol. The van der Waals surface area contributed by atoms with Crippen LogP contribution in [0.25, 0.3) is 22.2 Å². The largest absolute Gasteiger partial charge is 0.424 e. The predicted octanol–water partition coefficient (Wildman–Crippen LogP) is 5.85. The maximum Gasteiger partial charge on any atom is 0.321 e. The van der Waals surface area contributed by atoms with Gasteiger partial charge in [-0.25, -0.2) is 15.0 Å². The summed E-state index contributed by atoms with van der Waals surface area (Å²) >= 11 is 0. The first-order valence-corrected chi connectivity index (χ1v) is 11.6. The van der Waals surface area contributed by atoms with Gasteiger partial charge in [0.25, 0.3) is 0 Å². The van der Waals surface area contributed by atoms with Crippen LogP contribution in [0.2, 0.25) is 0 Å². The molecule has 164 valence electrons. The Morgan fingerprint density at radius 2 is 1.82 bits per heavy atom. The van der Waals surface area contributed by atoms with E-state index in [1.165, 1.54) is 25.7 Å². The van der Waals surface area contributed by atoms with Crippen LogP contribution in [-0.2, 0) is 0 Å². The number of nitriles is 1. The van der Waals surface area contributed by atoms with E-state index in [4.69, 9.17) is 4.74 Å². The summed E-state index contributed by atoms with van der Waals surface area (Å²) in [5, 5.41) is 14.6. The molecule has 2 fully saturated rings. The molecule has 7 nitrogen and oxygen atoms in total. The molecule has 1 N–H and O–H groups in total. The van der Waals surface area contributed by atoms with E-state index in [1.807, 2.05) is 30.5 Å². The number of benzene rings is 1. The molecule has 0 unspecified atom stereocenters. The predicted molar refractivity (Wildman–Crippen MR) is 126 cm³/mol. The van der Waals surface area contributed by atoms with Crippen molar-refractivity contribution in [3.63, 3.8) is 0 Å². The highest BCUT2D eigenvalue weighted by atomic mass is 16.5. The van der Waals surface area contributed by atoms with Crippen molar-refractivity contribution in [2.45, 2.75) is 50.6 Å².